The van der Waals surface area contributed by atoms with E-state index in [0.717, 1.165) is 19.3 Å². The fourth-order valence-corrected chi connectivity index (χ4v) is 2.85. The summed E-state index contributed by atoms with van der Waals surface area (Å²) in [5.74, 6) is 1.75. The van der Waals surface area contributed by atoms with E-state index in [4.69, 9.17) is 0 Å². The van der Waals surface area contributed by atoms with Crippen molar-refractivity contribution in [3.63, 3.8) is 0 Å². The van der Waals surface area contributed by atoms with Gasteiger partial charge in [-0.2, -0.15) is 0 Å². The van der Waals surface area contributed by atoms with Crippen LogP contribution in [0.25, 0.3) is 0 Å². The first-order valence-corrected chi connectivity index (χ1v) is 5.22. The molecule has 1 fully saturated rings. The van der Waals surface area contributed by atoms with Gasteiger partial charge in [0.2, 0.25) is 0 Å². The first-order valence-electron chi connectivity index (χ1n) is 5.22. The third-order valence-electron chi connectivity index (χ3n) is 4.13. The van der Waals surface area contributed by atoms with Gasteiger partial charge in [-0.15, -0.1) is 0 Å². The van der Waals surface area contributed by atoms with Crippen molar-refractivity contribution in [3.8, 4) is 0 Å². The zero-order valence-corrected chi connectivity index (χ0v) is 8.76. The lowest BCUT2D eigenvalue weighted by Gasteiger charge is -2.35. The van der Waals surface area contributed by atoms with Gasteiger partial charge in [0.25, 0.3) is 0 Å². The monoisotopic (exact) mass is 178 g/mol. The van der Waals surface area contributed by atoms with Gasteiger partial charge in [0.1, 0.15) is 5.78 Å². The van der Waals surface area contributed by atoms with Crippen LogP contribution in [0.1, 0.15) is 40.0 Å². The van der Waals surface area contributed by atoms with Gasteiger partial charge in [-0.1, -0.05) is 25.5 Å². The number of hydrogen-bond donors (Lipinski definition) is 0. The summed E-state index contributed by atoms with van der Waals surface area (Å²) in [5, 5.41) is 0. The Bertz CT molecular complexity index is 273. The fraction of sp³-hybridized carbons (Fsp3) is 0.750. The summed E-state index contributed by atoms with van der Waals surface area (Å²) >= 11 is 0. The SMILES string of the molecule is CC1=C[C@@H]2CCC(=O)C[C@@H]2C1(C)C. The minimum Gasteiger partial charge on any atom is -0.300 e. The minimum absolute atomic E-state index is 0.265. The molecule has 0 aromatic heterocycles. The summed E-state index contributed by atoms with van der Waals surface area (Å²) in [6.07, 6.45) is 5.11. The van der Waals surface area contributed by atoms with Crippen LogP contribution in [-0.4, -0.2) is 5.78 Å². The predicted molar refractivity (Wildman–Crippen MR) is 53.4 cm³/mol. The topological polar surface area (TPSA) is 17.1 Å². The third kappa shape index (κ3) is 1.25. The second-order valence-electron chi connectivity index (χ2n) is 5.12. The quantitative estimate of drug-likeness (QED) is 0.521. The van der Waals surface area contributed by atoms with Gasteiger partial charge in [0.15, 0.2) is 0 Å². The van der Waals surface area contributed by atoms with E-state index in [1.54, 1.807) is 0 Å². The van der Waals surface area contributed by atoms with Gasteiger partial charge in [-0.25, -0.2) is 0 Å². The number of rotatable bonds is 0. The Labute approximate surface area is 80.2 Å². The summed E-state index contributed by atoms with van der Waals surface area (Å²) in [7, 11) is 0. The smallest absolute Gasteiger partial charge is 0.133 e. The Morgan fingerprint density at radius 2 is 2.15 bits per heavy atom. The number of carbonyl (C=O) groups is 1. The van der Waals surface area contributed by atoms with E-state index >= 15 is 0 Å². The lowest BCUT2D eigenvalue weighted by Crippen LogP contribution is -2.31. The van der Waals surface area contributed by atoms with Crippen molar-refractivity contribution in [1.29, 1.82) is 0 Å². The van der Waals surface area contributed by atoms with Crippen LogP contribution < -0.4 is 0 Å². The van der Waals surface area contributed by atoms with Gasteiger partial charge in [0, 0.05) is 12.8 Å². The third-order valence-corrected chi connectivity index (χ3v) is 4.13. The molecule has 0 radical (unpaired) electrons. The molecule has 0 amide bonds. The highest BCUT2D eigenvalue weighted by molar-refractivity contribution is 5.80. The normalized spacial score (nSPS) is 37.2. The largest absolute Gasteiger partial charge is 0.300 e. The van der Waals surface area contributed by atoms with Gasteiger partial charge in [-0.05, 0) is 30.6 Å². The molecule has 2 rings (SSSR count). The van der Waals surface area contributed by atoms with E-state index in [-0.39, 0.29) is 5.41 Å². The van der Waals surface area contributed by atoms with Crippen LogP contribution in [0.15, 0.2) is 11.6 Å². The van der Waals surface area contributed by atoms with E-state index in [9.17, 15) is 4.79 Å². The molecule has 1 heteroatoms. The van der Waals surface area contributed by atoms with E-state index < -0.39 is 0 Å². The molecule has 0 heterocycles. The van der Waals surface area contributed by atoms with Crippen LogP contribution in [0.5, 0.6) is 0 Å². The van der Waals surface area contributed by atoms with E-state index in [2.05, 4.69) is 26.8 Å². The van der Waals surface area contributed by atoms with Crippen molar-refractivity contribution in [2.45, 2.75) is 40.0 Å². The second-order valence-corrected chi connectivity index (χ2v) is 5.12. The van der Waals surface area contributed by atoms with E-state index in [1.165, 1.54) is 5.57 Å². The molecule has 0 aromatic rings. The molecule has 0 aliphatic heterocycles. The Balaban J connectivity index is 2.26. The van der Waals surface area contributed by atoms with Crippen LogP contribution in [-0.2, 0) is 4.79 Å². The molecule has 72 valence electrons. The van der Waals surface area contributed by atoms with E-state index in [0.29, 0.717) is 17.6 Å². The number of hydrogen-bond acceptors (Lipinski definition) is 1. The van der Waals surface area contributed by atoms with Gasteiger partial charge >= 0.3 is 0 Å². The van der Waals surface area contributed by atoms with Crippen LogP contribution in [0.3, 0.4) is 0 Å². The second kappa shape index (κ2) is 2.70. The predicted octanol–water partition coefficient (Wildman–Crippen LogP) is 2.96. The molecular weight excluding hydrogens is 160 g/mol. The minimum atomic E-state index is 0.265. The van der Waals surface area contributed by atoms with Gasteiger partial charge < -0.3 is 0 Å². The summed E-state index contributed by atoms with van der Waals surface area (Å²) in [5.41, 5.74) is 1.75. The molecule has 1 nitrogen and oxygen atoms in total. The highest BCUT2D eigenvalue weighted by Gasteiger charge is 2.44. The summed E-state index contributed by atoms with van der Waals surface area (Å²) in [6.45, 7) is 6.77. The van der Waals surface area contributed by atoms with Crippen molar-refractivity contribution in [1.82, 2.24) is 0 Å². The lowest BCUT2D eigenvalue weighted by molar-refractivity contribution is -0.123. The molecule has 13 heavy (non-hydrogen) atoms. The van der Waals surface area contributed by atoms with Crippen molar-refractivity contribution >= 4 is 5.78 Å². The van der Waals surface area contributed by atoms with Crippen molar-refractivity contribution in [3.05, 3.63) is 11.6 Å². The molecule has 0 saturated heterocycles. The standard InChI is InChI=1S/C12H18O/c1-8-6-9-4-5-10(13)7-11(9)12(8,2)3/h6,9,11H,4-5,7H2,1-3H3/t9-,11-/m0/s1. The average molecular weight is 178 g/mol. The van der Waals surface area contributed by atoms with Crippen LogP contribution in [0.4, 0.5) is 0 Å². The molecule has 2 aliphatic rings. The number of ketones is 1. The molecule has 2 aliphatic carbocycles. The Morgan fingerprint density at radius 3 is 2.85 bits per heavy atom. The highest BCUT2D eigenvalue weighted by atomic mass is 16.1. The maximum atomic E-state index is 11.4. The molecule has 0 unspecified atom stereocenters. The number of fused-ring (bicyclic) bond motifs is 1. The number of allylic oxidation sites excluding steroid dienone is 2. The maximum Gasteiger partial charge on any atom is 0.133 e. The first-order chi connectivity index (χ1) is 6.01. The van der Waals surface area contributed by atoms with Gasteiger partial charge in [-0.3, -0.25) is 4.79 Å². The van der Waals surface area contributed by atoms with E-state index in [1.807, 2.05) is 0 Å². The Hall–Kier alpha value is -0.590. The molecule has 0 bridgehead atoms. The number of carbonyl (C=O) groups excluding carboxylic acids is 1. The fourth-order valence-electron chi connectivity index (χ4n) is 2.85. The van der Waals surface area contributed by atoms with Crippen molar-refractivity contribution in [2.24, 2.45) is 17.3 Å². The molecular formula is C12H18O. The molecule has 0 N–H and O–H groups in total. The average Bonchev–Trinajstić information content (AvgIpc) is 2.27. The highest BCUT2D eigenvalue weighted by Crippen LogP contribution is 2.51. The first kappa shape index (κ1) is 8.98. The molecule has 2 atom stereocenters. The van der Waals surface area contributed by atoms with Gasteiger partial charge in [0.05, 0.1) is 0 Å². The summed E-state index contributed by atoms with van der Waals surface area (Å²) in [4.78, 5) is 11.4. The van der Waals surface area contributed by atoms with Crippen LogP contribution in [0.2, 0.25) is 0 Å². The lowest BCUT2D eigenvalue weighted by atomic mass is 9.69. The molecule has 0 aromatic carbocycles. The zero-order chi connectivity index (χ0) is 9.64. The summed E-state index contributed by atoms with van der Waals surface area (Å²) in [6, 6.07) is 0. The number of Topliss-reactive ketones (excluding diaryl/α,β-unsaturated/α-hetero) is 1. The zero-order valence-electron chi connectivity index (χ0n) is 8.76. The van der Waals surface area contributed by atoms with Crippen molar-refractivity contribution < 1.29 is 4.79 Å². The Kier molecular flexibility index (Phi) is 1.86. The maximum absolute atomic E-state index is 11.4. The Morgan fingerprint density at radius 1 is 1.46 bits per heavy atom. The molecule has 1 saturated carbocycles. The van der Waals surface area contributed by atoms with Crippen LogP contribution >= 0.6 is 0 Å². The summed E-state index contributed by atoms with van der Waals surface area (Å²) < 4.78 is 0. The van der Waals surface area contributed by atoms with Crippen LogP contribution in [0, 0.1) is 17.3 Å². The molecule has 0 spiro atoms. The van der Waals surface area contributed by atoms with Crippen molar-refractivity contribution in [2.75, 3.05) is 0 Å².